The molecule has 3 aliphatic heterocycles. The van der Waals surface area contributed by atoms with Crippen molar-refractivity contribution >= 4 is 63.9 Å². The predicted molar refractivity (Wildman–Crippen MR) is 137 cm³/mol. The Bertz CT molecular complexity index is 1440. The van der Waals surface area contributed by atoms with Crippen LogP contribution in [0.1, 0.15) is 11.5 Å². The average Bonchev–Trinajstić information content (AvgIpc) is 3.40. The van der Waals surface area contributed by atoms with E-state index in [1.807, 2.05) is 59.5 Å². The molecular weight excluding hydrogens is 491 g/mol. The summed E-state index contributed by atoms with van der Waals surface area (Å²) in [4.78, 5) is 3.98. The molecule has 160 valence electrons. The van der Waals surface area contributed by atoms with E-state index in [9.17, 15) is 10.7 Å². The molecule has 8 heteroatoms. The molecule has 3 aromatic rings. The van der Waals surface area contributed by atoms with E-state index in [4.69, 9.17) is 23.2 Å². The lowest BCUT2D eigenvalue weighted by Crippen LogP contribution is -2.37. The second-order valence-electron chi connectivity index (χ2n) is 7.65. The molecule has 3 aromatic carbocycles. The third-order valence-electron chi connectivity index (χ3n) is 5.79. The molecule has 0 radical (unpaired) electrons. The fourth-order valence-electron chi connectivity index (χ4n) is 4.35. The van der Waals surface area contributed by atoms with Gasteiger partial charge in [0, 0.05) is 25.4 Å². The minimum absolute atomic E-state index is 0.334. The number of rotatable bonds is 1. The molecule has 3 aliphatic rings. The molecule has 0 aliphatic carbocycles. The lowest BCUT2D eigenvalue weighted by molar-refractivity contribution is 0.940. The maximum atomic E-state index is 10.4. The van der Waals surface area contributed by atoms with Crippen LogP contribution in [0.5, 0.6) is 0 Å². The highest BCUT2D eigenvalue weighted by Gasteiger charge is 2.44. The van der Waals surface area contributed by atoms with Gasteiger partial charge in [-0.2, -0.15) is 5.26 Å². The highest BCUT2D eigenvalue weighted by Crippen LogP contribution is 2.56. The van der Waals surface area contributed by atoms with Crippen LogP contribution in [0.4, 0.5) is 11.4 Å². The largest absolute Gasteiger partial charge is 0.349 e. The van der Waals surface area contributed by atoms with Gasteiger partial charge in [-0.1, -0.05) is 77.1 Å². The first-order valence-corrected chi connectivity index (χ1v) is 12.5. The van der Waals surface area contributed by atoms with Gasteiger partial charge >= 0.3 is 0 Å². The van der Waals surface area contributed by atoms with E-state index in [-0.39, 0.29) is 0 Å². The average molecular weight is 505 g/mol. The summed E-state index contributed by atoms with van der Waals surface area (Å²) in [6.07, 6.45) is 0. The monoisotopic (exact) mass is 504 g/mol. The number of nitriles is 1. The van der Waals surface area contributed by atoms with Gasteiger partial charge in [0.05, 0.1) is 34.0 Å². The zero-order chi connectivity index (χ0) is 22.7. The summed E-state index contributed by atoms with van der Waals surface area (Å²) in [6, 6.07) is 23.7. The molecule has 1 atom stereocenters. The number of hydrogen-bond acceptors (Lipinski definition) is 5. The normalized spacial score (nSPS) is 20.8. The molecule has 0 bridgehead atoms. The lowest BCUT2D eigenvalue weighted by atomic mass is 9.82. The summed E-state index contributed by atoms with van der Waals surface area (Å²) in [5.74, 6) is -0.162. The number of anilines is 2. The van der Waals surface area contributed by atoms with Crippen LogP contribution in [0.3, 0.4) is 0 Å². The maximum Gasteiger partial charge on any atom is 0.137 e. The zero-order valence-electron chi connectivity index (χ0n) is 16.9. The number of benzene rings is 3. The van der Waals surface area contributed by atoms with Crippen LogP contribution in [-0.2, 0) is 0 Å². The van der Waals surface area contributed by atoms with Crippen molar-refractivity contribution in [3.63, 3.8) is 0 Å². The van der Waals surface area contributed by atoms with Gasteiger partial charge in [0.15, 0.2) is 0 Å². The van der Waals surface area contributed by atoms with Crippen molar-refractivity contribution in [2.75, 3.05) is 10.2 Å². The Morgan fingerprint density at radius 1 is 0.970 bits per heavy atom. The van der Waals surface area contributed by atoms with Crippen molar-refractivity contribution < 1.29 is 0 Å². The number of para-hydroxylation sites is 2. The second-order valence-corrected chi connectivity index (χ2v) is 10.6. The summed E-state index contributed by atoms with van der Waals surface area (Å²) >= 11 is 15.9. The molecular formula is C25H14Cl2N4S2. The number of fused-ring (bicyclic) bond motifs is 4. The van der Waals surface area contributed by atoms with Gasteiger partial charge < -0.3 is 5.32 Å². The van der Waals surface area contributed by atoms with Crippen molar-refractivity contribution in [1.29, 1.82) is 10.7 Å². The molecule has 4 nitrogen and oxygen atoms in total. The molecule has 3 heterocycles. The van der Waals surface area contributed by atoms with Gasteiger partial charge in [0.2, 0.25) is 0 Å². The third kappa shape index (κ3) is 3.19. The summed E-state index contributed by atoms with van der Waals surface area (Å²) in [5.41, 5.74) is 3.94. The fraction of sp³-hybridized carbons (Fsp3) is 0.0400. The number of allylic oxidation sites excluding steroid dienone is 1. The van der Waals surface area contributed by atoms with Crippen LogP contribution in [-0.4, -0.2) is 5.84 Å². The van der Waals surface area contributed by atoms with Gasteiger partial charge in [0.1, 0.15) is 10.9 Å². The smallest absolute Gasteiger partial charge is 0.137 e. The van der Waals surface area contributed by atoms with Crippen LogP contribution in [0.25, 0.3) is 0 Å². The molecule has 2 N–H and O–H groups in total. The minimum Gasteiger partial charge on any atom is -0.349 e. The standard InChI is InChI=1S/C25H14Cl2N4S2/c26-13-9-10-14(16(27)11-13)21-15(12-28)25-31(18-6-2-4-8-20(18)33-25)23(29)22(21)24-30-17-5-1-3-7-19(17)32-24/h1-11,21,29-30H. The Hall–Kier alpha value is -2.82. The van der Waals surface area contributed by atoms with E-state index in [1.165, 1.54) is 11.8 Å². The fourth-order valence-corrected chi connectivity index (χ4v) is 7.12. The first-order chi connectivity index (χ1) is 16.1. The molecule has 0 spiro atoms. The van der Waals surface area contributed by atoms with Crippen LogP contribution < -0.4 is 10.2 Å². The number of thioether (sulfide) groups is 2. The topological polar surface area (TPSA) is 62.9 Å². The van der Waals surface area contributed by atoms with Crippen molar-refractivity contribution in [2.45, 2.75) is 15.7 Å². The van der Waals surface area contributed by atoms with Crippen molar-refractivity contribution in [2.24, 2.45) is 0 Å². The SMILES string of the molecule is N#CC1=C2Sc3ccccc3N2C(=N)C(=C2Nc3ccccc3S2)C1c1ccc(Cl)cc1Cl. The zero-order valence-corrected chi connectivity index (χ0v) is 20.0. The van der Waals surface area contributed by atoms with E-state index in [2.05, 4.69) is 11.4 Å². The van der Waals surface area contributed by atoms with Crippen LogP contribution in [0.2, 0.25) is 10.0 Å². The first-order valence-electron chi connectivity index (χ1n) is 10.1. The van der Waals surface area contributed by atoms with Crippen LogP contribution in [0.15, 0.2) is 97.7 Å². The molecule has 0 amide bonds. The van der Waals surface area contributed by atoms with Gasteiger partial charge in [-0.05, 0) is 42.0 Å². The molecule has 6 rings (SSSR count). The maximum absolute atomic E-state index is 10.4. The highest BCUT2D eigenvalue weighted by atomic mass is 35.5. The Kier molecular flexibility index (Phi) is 4.97. The Balaban J connectivity index is 1.63. The van der Waals surface area contributed by atoms with Gasteiger partial charge in [-0.15, -0.1) is 0 Å². The minimum atomic E-state index is -0.496. The predicted octanol–water partition coefficient (Wildman–Crippen LogP) is 7.84. The van der Waals surface area contributed by atoms with Crippen molar-refractivity contribution in [3.05, 3.63) is 104 Å². The summed E-state index contributed by atoms with van der Waals surface area (Å²) in [5, 5.41) is 25.8. The van der Waals surface area contributed by atoms with Gasteiger partial charge in [-0.3, -0.25) is 10.3 Å². The number of hydrogen-bond donors (Lipinski definition) is 2. The quantitative estimate of drug-likeness (QED) is 0.353. The summed E-state index contributed by atoms with van der Waals surface area (Å²) in [6.45, 7) is 0. The second kappa shape index (κ2) is 7.89. The van der Waals surface area contributed by atoms with E-state index in [0.717, 1.165) is 42.4 Å². The van der Waals surface area contributed by atoms with Crippen LogP contribution in [0, 0.1) is 16.7 Å². The number of nitrogens with zero attached hydrogens (tertiary/aromatic N) is 2. The van der Waals surface area contributed by atoms with E-state index in [1.54, 1.807) is 23.9 Å². The van der Waals surface area contributed by atoms with Crippen molar-refractivity contribution in [1.82, 2.24) is 0 Å². The van der Waals surface area contributed by atoms with Crippen LogP contribution >= 0.6 is 46.7 Å². The van der Waals surface area contributed by atoms with Crippen molar-refractivity contribution in [3.8, 4) is 6.07 Å². The number of nitrogens with one attached hydrogen (secondary N) is 2. The summed E-state index contributed by atoms with van der Waals surface area (Å²) < 4.78 is 0. The Labute approximate surface area is 209 Å². The number of halogens is 2. The molecule has 0 saturated heterocycles. The van der Waals surface area contributed by atoms with E-state index in [0.29, 0.717) is 21.5 Å². The molecule has 1 unspecified atom stereocenters. The highest BCUT2D eigenvalue weighted by molar-refractivity contribution is 8.04. The molecule has 0 fully saturated rings. The third-order valence-corrected chi connectivity index (χ3v) is 8.61. The molecule has 33 heavy (non-hydrogen) atoms. The number of amidine groups is 1. The molecule has 0 saturated carbocycles. The van der Waals surface area contributed by atoms with Gasteiger partial charge in [-0.25, -0.2) is 0 Å². The van der Waals surface area contributed by atoms with E-state index >= 15 is 0 Å². The summed E-state index contributed by atoms with van der Waals surface area (Å²) in [7, 11) is 0. The Morgan fingerprint density at radius 2 is 1.73 bits per heavy atom. The Morgan fingerprint density at radius 3 is 2.48 bits per heavy atom. The first kappa shape index (κ1) is 20.8. The van der Waals surface area contributed by atoms with Gasteiger partial charge in [0.25, 0.3) is 0 Å². The van der Waals surface area contributed by atoms with E-state index < -0.39 is 5.92 Å². The molecule has 0 aromatic heterocycles. The lowest BCUT2D eigenvalue weighted by Gasteiger charge is -2.35.